The summed E-state index contributed by atoms with van der Waals surface area (Å²) >= 11 is 0. The highest BCUT2D eigenvalue weighted by atomic mass is 15.2. The predicted molar refractivity (Wildman–Crippen MR) is 82.7 cm³/mol. The van der Waals surface area contributed by atoms with Crippen LogP contribution < -0.4 is 5.32 Å². The third-order valence-corrected chi connectivity index (χ3v) is 3.73. The smallest absolute Gasteiger partial charge is 0.0537 e. The molecule has 2 aromatic carbocycles. The van der Waals surface area contributed by atoms with Gasteiger partial charge in [0.25, 0.3) is 0 Å². The normalized spacial score (nSPS) is 12.7. The number of aromatic nitrogens is 2. The molecule has 1 heterocycles. The molecule has 0 spiro atoms. The SMILES string of the molecule is CNC(Cc1ccc2ccccc2c1)c1cnn(C)c1. The van der Waals surface area contributed by atoms with E-state index in [-0.39, 0.29) is 0 Å². The van der Waals surface area contributed by atoms with Gasteiger partial charge in [0, 0.05) is 24.8 Å². The number of likely N-dealkylation sites (N-methyl/N-ethyl adjacent to an activating group) is 1. The zero-order chi connectivity index (χ0) is 13.9. The molecule has 3 aromatic rings. The van der Waals surface area contributed by atoms with Crippen LogP contribution in [0.15, 0.2) is 54.9 Å². The number of aryl methyl sites for hydroxylation is 1. The van der Waals surface area contributed by atoms with Crippen LogP contribution in [0.1, 0.15) is 17.2 Å². The molecule has 0 aliphatic carbocycles. The van der Waals surface area contributed by atoms with Crippen LogP contribution in [-0.4, -0.2) is 16.8 Å². The number of hydrogen-bond acceptors (Lipinski definition) is 2. The minimum absolute atomic E-state index is 0.296. The molecule has 0 fully saturated rings. The van der Waals surface area contributed by atoms with Gasteiger partial charge >= 0.3 is 0 Å². The van der Waals surface area contributed by atoms with Crippen LogP contribution in [0, 0.1) is 0 Å². The number of nitrogens with one attached hydrogen (secondary N) is 1. The van der Waals surface area contributed by atoms with Crippen LogP contribution in [0.2, 0.25) is 0 Å². The molecule has 3 rings (SSSR count). The Kier molecular flexibility index (Phi) is 3.52. The molecule has 1 atom stereocenters. The average molecular weight is 265 g/mol. The highest BCUT2D eigenvalue weighted by Gasteiger charge is 2.12. The van der Waals surface area contributed by atoms with Crippen molar-refractivity contribution in [1.29, 1.82) is 0 Å². The summed E-state index contributed by atoms with van der Waals surface area (Å²) in [7, 11) is 3.95. The van der Waals surface area contributed by atoms with Crippen molar-refractivity contribution < 1.29 is 0 Å². The topological polar surface area (TPSA) is 29.9 Å². The van der Waals surface area contributed by atoms with E-state index in [0.29, 0.717) is 6.04 Å². The summed E-state index contributed by atoms with van der Waals surface area (Å²) in [5.41, 5.74) is 2.56. The Labute approximate surface area is 119 Å². The number of benzene rings is 2. The largest absolute Gasteiger partial charge is 0.313 e. The second-order valence-electron chi connectivity index (χ2n) is 5.17. The predicted octanol–water partition coefficient (Wildman–Crippen LogP) is 3.08. The second-order valence-corrected chi connectivity index (χ2v) is 5.17. The molecule has 0 amide bonds. The van der Waals surface area contributed by atoms with E-state index in [4.69, 9.17) is 0 Å². The van der Waals surface area contributed by atoms with E-state index < -0.39 is 0 Å². The lowest BCUT2D eigenvalue weighted by molar-refractivity contribution is 0.591. The minimum Gasteiger partial charge on any atom is -0.313 e. The summed E-state index contributed by atoms with van der Waals surface area (Å²) in [6.45, 7) is 0. The van der Waals surface area contributed by atoms with Gasteiger partial charge in [0.2, 0.25) is 0 Å². The van der Waals surface area contributed by atoms with Gasteiger partial charge in [-0.2, -0.15) is 5.10 Å². The summed E-state index contributed by atoms with van der Waals surface area (Å²) in [5, 5.41) is 10.2. The van der Waals surface area contributed by atoms with Crippen molar-refractivity contribution in [2.45, 2.75) is 12.5 Å². The van der Waals surface area contributed by atoms with Crippen molar-refractivity contribution in [3.63, 3.8) is 0 Å². The average Bonchev–Trinajstić information content (AvgIpc) is 2.91. The lowest BCUT2D eigenvalue weighted by Gasteiger charge is -2.15. The maximum atomic E-state index is 4.25. The van der Waals surface area contributed by atoms with Gasteiger partial charge < -0.3 is 5.32 Å². The highest BCUT2D eigenvalue weighted by molar-refractivity contribution is 5.83. The quantitative estimate of drug-likeness (QED) is 0.785. The molecule has 102 valence electrons. The van der Waals surface area contributed by atoms with Crippen molar-refractivity contribution in [2.75, 3.05) is 7.05 Å². The number of hydrogen-bond donors (Lipinski definition) is 1. The fourth-order valence-electron chi connectivity index (χ4n) is 2.61. The van der Waals surface area contributed by atoms with Crippen molar-refractivity contribution in [3.8, 4) is 0 Å². The zero-order valence-corrected chi connectivity index (χ0v) is 11.9. The lowest BCUT2D eigenvalue weighted by Crippen LogP contribution is -2.18. The van der Waals surface area contributed by atoms with Crippen LogP contribution >= 0.6 is 0 Å². The summed E-state index contributed by atoms with van der Waals surface area (Å²) in [4.78, 5) is 0. The van der Waals surface area contributed by atoms with Crippen molar-refractivity contribution in [2.24, 2.45) is 7.05 Å². The van der Waals surface area contributed by atoms with E-state index in [1.165, 1.54) is 21.9 Å². The first kappa shape index (κ1) is 12.9. The maximum Gasteiger partial charge on any atom is 0.0537 e. The Morgan fingerprint density at radius 2 is 1.95 bits per heavy atom. The first-order valence-corrected chi connectivity index (χ1v) is 6.90. The zero-order valence-electron chi connectivity index (χ0n) is 11.9. The van der Waals surface area contributed by atoms with Crippen molar-refractivity contribution >= 4 is 10.8 Å². The Hall–Kier alpha value is -2.13. The molecule has 3 heteroatoms. The lowest BCUT2D eigenvalue weighted by atomic mass is 9.99. The standard InChI is InChI=1S/C17H19N3/c1-18-17(16-11-19-20(2)12-16)10-13-7-8-14-5-3-4-6-15(14)9-13/h3-9,11-12,17-18H,10H2,1-2H3. The molecule has 3 nitrogen and oxygen atoms in total. The summed E-state index contributed by atoms with van der Waals surface area (Å²) in [5.74, 6) is 0. The first-order valence-electron chi connectivity index (χ1n) is 6.90. The molecule has 0 aliphatic heterocycles. The van der Waals surface area contributed by atoms with Gasteiger partial charge in [-0.1, -0.05) is 42.5 Å². The summed E-state index contributed by atoms with van der Waals surface area (Å²) in [6, 6.07) is 15.5. The van der Waals surface area contributed by atoms with Crippen LogP contribution in [0.5, 0.6) is 0 Å². The molecule has 0 radical (unpaired) electrons. The third-order valence-electron chi connectivity index (χ3n) is 3.73. The fraction of sp³-hybridized carbons (Fsp3) is 0.235. The van der Waals surface area contributed by atoms with Crippen LogP contribution in [0.4, 0.5) is 0 Å². The molecule has 0 saturated carbocycles. The molecule has 0 aliphatic rings. The minimum atomic E-state index is 0.296. The molecule has 0 bridgehead atoms. The van der Waals surface area contributed by atoms with E-state index in [2.05, 4.69) is 59.1 Å². The molecule has 1 N–H and O–H groups in total. The van der Waals surface area contributed by atoms with Gasteiger partial charge in [-0.3, -0.25) is 4.68 Å². The van der Waals surface area contributed by atoms with Gasteiger partial charge in [0.15, 0.2) is 0 Å². The fourth-order valence-corrected chi connectivity index (χ4v) is 2.61. The molecule has 1 unspecified atom stereocenters. The molecular formula is C17H19N3. The van der Waals surface area contributed by atoms with Gasteiger partial charge in [-0.25, -0.2) is 0 Å². The molecule has 0 saturated heterocycles. The van der Waals surface area contributed by atoms with E-state index in [1.807, 2.05) is 25.0 Å². The van der Waals surface area contributed by atoms with Gasteiger partial charge in [0.05, 0.1) is 6.20 Å². The van der Waals surface area contributed by atoms with Crippen LogP contribution in [0.3, 0.4) is 0 Å². The van der Waals surface area contributed by atoms with Crippen LogP contribution in [0.25, 0.3) is 10.8 Å². The third kappa shape index (κ3) is 2.58. The van der Waals surface area contributed by atoms with E-state index in [0.717, 1.165) is 6.42 Å². The van der Waals surface area contributed by atoms with Gasteiger partial charge in [0.1, 0.15) is 0 Å². The van der Waals surface area contributed by atoms with Crippen LogP contribution in [-0.2, 0) is 13.5 Å². The van der Waals surface area contributed by atoms with Gasteiger partial charge in [-0.15, -0.1) is 0 Å². The molecule has 20 heavy (non-hydrogen) atoms. The summed E-state index contributed by atoms with van der Waals surface area (Å²) < 4.78 is 1.85. The monoisotopic (exact) mass is 265 g/mol. The first-order chi connectivity index (χ1) is 9.76. The molecular weight excluding hydrogens is 246 g/mol. The summed E-state index contributed by atoms with van der Waals surface area (Å²) in [6.07, 6.45) is 4.97. The van der Waals surface area contributed by atoms with E-state index in [9.17, 15) is 0 Å². The Balaban J connectivity index is 1.87. The molecule has 1 aromatic heterocycles. The van der Waals surface area contributed by atoms with Crippen molar-refractivity contribution in [1.82, 2.24) is 15.1 Å². The van der Waals surface area contributed by atoms with E-state index >= 15 is 0 Å². The number of nitrogens with zero attached hydrogens (tertiary/aromatic N) is 2. The Morgan fingerprint density at radius 3 is 2.65 bits per heavy atom. The van der Waals surface area contributed by atoms with Crippen molar-refractivity contribution in [3.05, 3.63) is 66.0 Å². The maximum absolute atomic E-state index is 4.25. The Bertz CT molecular complexity index is 715. The second kappa shape index (κ2) is 5.47. The van der Waals surface area contributed by atoms with E-state index in [1.54, 1.807) is 0 Å². The van der Waals surface area contributed by atoms with Gasteiger partial charge in [-0.05, 0) is 29.8 Å². The number of fused-ring (bicyclic) bond motifs is 1. The Morgan fingerprint density at radius 1 is 1.15 bits per heavy atom. The number of rotatable bonds is 4. The highest BCUT2D eigenvalue weighted by Crippen LogP contribution is 2.21.